The molecular weight excluding hydrogens is 300 g/mol. The molecule has 4 saturated carbocycles. The minimum atomic E-state index is -0.0595. The molecule has 4 fully saturated rings. The van der Waals surface area contributed by atoms with Gasteiger partial charge in [0.15, 0.2) is 0 Å². The summed E-state index contributed by atoms with van der Waals surface area (Å²) in [4.78, 5) is 24.7. The Morgan fingerprint density at radius 2 is 1.83 bits per heavy atom. The zero-order chi connectivity index (χ0) is 17.1. The van der Waals surface area contributed by atoms with Gasteiger partial charge < -0.3 is 4.74 Å². The fraction of sp³-hybridized carbons (Fsp3) is 0.905. The van der Waals surface area contributed by atoms with Crippen molar-refractivity contribution in [3.8, 4) is 0 Å². The number of carbonyl (C=O) groups excluding carboxylic acids is 2. The maximum atomic E-state index is 12.5. The zero-order valence-electron chi connectivity index (χ0n) is 15.5. The highest BCUT2D eigenvalue weighted by Gasteiger charge is 2.63. The third-order valence-corrected chi connectivity index (χ3v) is 8.87. The van der Waals surface area contributed by atoms with Crippen molar-refractivity contribution in [3.05, 3.63) is 0 Å². The summed E-state index contributed by atoms with van der Waals surface area (Å²) >= 11 is 0. The van der Waals surface area contributed by atoms with Gasteiger partial charge in [-0.1, -0.05) is 6.92 Å². The molecule has 0 radical (unpaired) electrons. The molecule has 0 amide bonds. The summed E-state index contributed by atoms with van der Waals surface area (Å²) in [7, 11) is 1.84. The van der Waals surface area contributed by atoms with Crippen molar-refractivity contribution in [3.63, 3.8) is 0 Å². The first-order valence-corrected chi connectivity index (χ1v) is 10.0. The number of hydrogen-bond donors (Lipinski definition) is 0. The van der Waals surface area contributed by atoms with Gasteiger partial charge in [-0.3, -0.25) is 9.59 Å². The number of hydrogen-bond acceptors (Lipinski definition) is 3. The molecule has 3 nitrogen and oxygen atoms in total. The van der Waals surface area contributed by atoms with Gasteiger partial charge in [0.2, 0.25) is 0 Å². The third kappa shape index (κ3) is 2.06. The van der Waals surface area contributed by atoms with Crippen molar-refractivity contribution in [2.75, 3.05) is 7.11 Å². The van der Waals surface area contributed by atoms with Crippen molar-refractivity contribution < 1.29 is 14.3 Å². The van der Waals surface area contributed by atoms with Crippen LogP contribution in [0.5, 0.6) is 0 Å². The van der Waals surface area contributed by atoms with Gasteiger partial charge >= 0.3 is 0 Å². The summed E-state index contributed by atoms with van der Waals surface area (Å²) in [6, 6.07) is 0. The molecular formula is C21H32O3. The van der Waals surface area contributed by atoms with Gasteiger partial charge in [-0.15, -0.1) is 0 Å². The van der Waals surface area contributed by atoms with Gasteiger partial charge in [-0.05, 0) is 69.1 Å². The van der Waals surface area contributed by atoms with Crippen LogP contribution in [0.25, 0.3) is 0 Å². The number of ether oxygens (including phenoxy) is 1. The minimum Gasteiger partial charge on any atom is -0.381 e. The number of methoxy groups -OCH3 is 1. The van der Waals surface area contributed by atoms with Crippen molar-refractivity contribution in [1.29, 1.82) is 0 Å². The first-order valence-electron chi connectivity index (χ1n) is 10.0. The summed E-state index contributed by atoms with van der Waals surface area (Å²) < 4.78 is 5.91. The molecule has 3 heteroatoms. The van der Waals surface area contributed by atoms with E-state index in [1.54, 1.807) is 0 Å². The highest BCUT2D eigenvalue weighted by atomic mass is 16.5. The lowest BCUT2D eigenvalue weighted by Crippen LogP contribution is -2.59. The Balaban J connectivity index is 1.72. The highest BCUT2D eigenvalue weighted by Crippen LogP contribution is 2.66. The molecule has 0 saturated heterocycles. The van der Waals surface area contributed by atoms with Crippen LogP contribution in [0.4, 0.5) is 0 Å². The zero-order valence-corrected chi connectivity index (χ0v) is 15.5. The Morgan fingerprint density at radius 1 is 1.04 bits per heavy atom. The number of fused-ring (bicyclic) bond motifs is 5. The van der Waals surface area contributed by atoms with E-state index in [2.05, 4.69) is 13.8 Å². The quantitative estimate of drug-likeness (QED) is 0.762. The maximum absolute atomic E-state index is 12.5. The molecule has 4 rings (SSSR count). The van der Waals surface area contributed by atoms with Gasteiger partial charge in [0.05, 0.1) is 6.10 Å². The van der Waals surface area contributed by atoms with E-state index in [4.69, 9.17) is 4.74 Å². The summed E-state index contributed by atoms with van der Waals surface area (Å²) in [5.74, 6) is 3.34. The Hall–Kier alpha value is -0.700. The number of Topliss-reactive ketones (excluding diaryl/α,β-unsaturated/α-hetero) is 2. The van der Waals surface area contributed by atoms with Gasteiger partial charge in [-0.2, -0.15) is 0 Å². The number of ketones is 2. The molecule has 0 unspecified atom stereocenters. The van der Waals surface area contributed by atoms with Crippen LogP contribution in [-0.4, -0.2) is 24.8 Å². The molecule has 24 heavy (non-hydrogen) atoms. The molecule has 0 aromatic carbocycles. The van der Waals surface area contributed by atoms with E-state index in [9.17, 15) is 9.59 Å². The van der Waals surface area contributed by atoms with Crippen LogP contribution in [0.1, 0.15) is 71.6 Å². The molecule has 0 N–H and O–H groups in total. The molecule has 0 aromatic rings. The smallest absolute Gasteiger partial charge is 0.139 e. The lowest BCUT2D eigenvalue weighted by atomic mass is 9.43. The molecule has 0 spiro atoms. The Bertz CT molecular complexity index is 555. The van der Waals surface area contributed by atoms with Gasteiger partial charge in [0, 0.05) is 37.2 Å². The molecule has 0 aliphatic heterocycles. The largest absolute Gasteiger partial charge is 0.381 e. The predicted octanol–water partition coefficient (Wildman–Crippen LogP) is 4.18. The van der Waals surface area contributed by atoms with Crippen LogP contribution in [0.15, 0.2) is 0 Å². The monoisotopic (exact) mass is 332 g/mol. The highest BCUT2D eigenvalue weighted by molar-refractivity contribution is 5.87. The third-order valence-electron chi connectivity index (χ3n) is 8.87. The normalized spacial score (nSPS) is 49.3. The second kappa shape index (κ2) is 5.65. The van der Waals surface area contributed by atoms with Crippen LogP contribution < -0.4 is 0 Å². The van der Waals surface area contributed by atoms with Crippen molar-refractivity contribution in [2.45, 2.75) is 77.7 Å². The van der Waals surface area contributed by atoms with Crippen LogP contribution in [0.3, 0.4) is 0 Å². The SMILES string of the molecule is CO[C@@H](C)[C@]12CCC(=O)C[C@H]1CC[C@@H]1[C@@H]2CC[C@]2(C)C(=O)CC[C@@H]12. The van der Waals surface area contributed by atoms with Crippen LogP contribution in [0.2, 0.25) is 0 Å². The number of rotatable bonds is 2. The maximum Gasteiger partial charge on any atom is 0.139 e. The standard InChI is InChI=1S/C21H32O3/c1-13(24-3)21-11-8-15(22)12-14(21)4-5-16-17-6-7-19(23)20(17,2)10-9-18(16)21/h13-14,16-18H,4-12H2,1-3H3/t13-,14+,16-,17-,18-,20-,21+/m0/s1. The minimum absolute atomic E-state index is 0.0595. The van der Waals surface area contributed by atoms with E-state index in [0.717, 1.165) is 51.4 Å². The van der Waals surface area contributed by atoms with Gasteiger partial charge in [0.1, 0.15) is 11.6 Å². The van der Waals surface area contributed by atoms with Crippen molar-refractivity contribution in [1.82, 2.24) is 0 Å². The summed E-state index contributed by atoms with van der Waals surface area (Å²) in [5.41, 5.74) is 0.106. The van der Waals surface area contributed by atoms with Crippen LogP contribution >= 0.6 is 0 Å². The van der Waals surface area contributed by atoms with Crippen LogP contribution in [-0.2, 0) is 14.3 Å². The Labute approximate surface area is 145 Å². The van der Waals surface area contributed by atoms with E-state index < -0.39 is 0 Å². The van der Waals surface area contributed by atoms with E-state index in [1.165, 1.54) is 6.42 Å². The molecule has 4 aliphatic carbocycles. The second-order valence-electron chi connectivity index (χ2n) is 9.30. The van der Waals surface area contributed by atoms with Gasteiger partial charge in [0.25, 0.3) is 0 Å². The molecule has 7 atom stereocenters. The first-order chi connectivity index (χ1) is 11.4. The fourth-order valence-electron chi connectivity index (χ4n) is 7.56. The Kier molecular flexibility index (Phi) is 3.95. The summed E-state index contributed by atoms with van der Waals surface area (Å²) in [5, 5.41) is 0. The van der Waals surface area contributed by atoms with E-state index >= 15 is 0 Å². The molecule has 4 aliphatic rings. The average Bonchev–Trinajstić information content (AvgIpc) is 2.89. The van der Waals surface area contributed by atoms with Crippen molar-refractivity contribution >= 4 is 11.6 Å². The lowest BCUT2D eigenvalue weighted by Gasteiger charge is -2.62. The second-order valence-corrected chi connectivity index (χ2v) is 9.30. The lowest BCUT2D eigenvalue weighted by molar-refractivity contribution is -0.176. The first kappa shape index (κ1) is 16.8. The topological polar surface area (TPSA) is 43.4 Å². The summed E-state index contributed by atoms with van der Waals surface area (Å²) in [6.45, 7) is 4.48. The molecule has 0 aromatic heterocycles. The predicted molar refractivity (Wildman–Crippen MR) is 92.5 cm³/mol. The molecule has 0 bridgehead atoms. The van der Waals surface area contributed by atoms with E-state index in [-0.39, 0.29) is 16.9 Å². The Morgan fingerprint density at radius 3 is 2.58 bits per heavy atom. The average molecular weight is 332 g/mol. The molecule has 0 heterocycles. The van der Waals surface area contributed by atoms with Gasteiger partial charge in [-0.25, -0.2) is 0 Å². The van der Waals surface area contributed by atoms with Crippen LogP contribution in [0, 0.1) is 34.5 Å². The summed E-state index contributed by atoms with van der Waals surface area (Å²) in [6.07, 6.45) is 9.17. The number of carbonyl (C=O) groups is 2. The van der Waals surface area contributed by atoms with E-state index in [1.807, 2.05) is 7.11 Å². The molecule has 134 valence electrons. The fourth-order valence-corrected chi connectivity index (χ4v) is 7.56. The van der Waals surface area contributed by atoms with Crippen molar-refractivity contribution in [2.24, 2.45) is 34.5 Å². The van der Waals surface area contributed by atoms with E-state index in [0.29, 0.717) is 35.2 Å².